The average molecular weight is 374 g/mol. The summed E-state index contributed by atoms with van der Waals surface area (Å²) in [6.07, 6.45) is 14.2. The van der Waals surface area contributed by atoms with Crippen LogP contribution in [0.25, 0.3) is 0 Å². The van der Waals surface area contributed by atoms with E-state index in [1.807, 2.05) is 0 Å². The normalized spacial score (nSPS) is 30.7. The lowest BCUT2D eigenvalue weighted by Gasteiger charge is -2.40. The molecular formula is C15H23BBr2. The predicted octanol–water partition coefficient (Wildman–Crippen LogP) is 6.27. The van der Waals surface area contributed by atoms with E-state index < -0.39 is 0 Å². The molecule has 0 spiro atoms. The van der Waals surface area contributed by atoms with Crippen LogP contribution in [0, 0.1) is 5.92 Å². The lowest BCUT2D eigenvalue weighted by Crippen LogP contribution is -2.30. The third kappa shape index (κ3) is 3.15. The molecule has 1 saturated carbocycles. The fourth-order valence-corrected chi connectivity index (χ4v) is 5.19. The SMILES string of the molecule is CC(C)=CCCC1=CC[C@@H]2CCC[C@]2(B(Br)Br)C1. The maximum atomic E-state index is 3.83. The molecule has 2 atom stereocenters. The van der Waals surface area contributed by atoms with Gasteiger partial charge in [0, 0.05) is 0 Å². The molecule has 18 heavy (non-hydrogen) atoms. The molecule has 0 aliphatic heterocycles. The monoisotopic (exact) mass is 372 g/mol. The second-order valence-corrected chi connectivity index (χ2v) is 9.28. The summed E-state index contributed by atoms with van der Waals surface area (Å²) < 4.78 is 0.483. The Morgan fingerprint density at radius 1 is 1.50 bits per heavy atom. The van der Waals surface area contributed by atoms with Gasteiger partial charge in [-0.05, 0) is 50.8 Å². The maximum Gasteiger partial charge on any atom is 0.305 e. The minimum absolute atomic E-state index is 0.483. The van der Waals surface area contributed by atoms with Gasteiger partial charge in [-0.1, -0.05) is 42.6 Å². The first-order valence-electron chi connectivity index (χ1n) is 7.14. The van der Waals surface area contributed by atoms with Crippen molar-refractivity contribution in [2.24, 2.45) is 5.92 Å². The van der Waals surface area contributed by atoms with Crippen LogP contribution >= 0.6 is 31.5 Å². The first-order chi connectivity index (χ1) is 8.54. The van der Waals surface area contributed by atoms with Crippen LogP contribution in [0.3, 0.4) is 0 Å². The quantitative estimate of drug-likeness (QED) is 0.402. The molecule has 0 aromatic carbocycles. The molecule has 0 nitrogen and oxygen atoms in total. The Morgan fingerprint density at radius 3 is 2.94 bits per heavy atom. The van der Waals surface area contributed by atoms with Crippen molar-refractivity contribution in [3.05, 3.63) is 23.3 Å². The molecule has 100 valence electrons. The summed E-state index contributed by atoms with van der Waals surface area (Å²) in [6, 6.07) is 0. The zero-order valence-corrected chi connectivity index (χ0v) is 14.7. The van der Waals surface area contributed by atoms with Gasteiger partial charge in [0.15, 0.2) is 0 Å². The van der Waals surface area contributed by atoms with Gasteiger partial charge in [0.05, 0.1) is 0 Å². The highest BCUT2D eigenvalue weighted by Gasteiger charge is 2.49. The van der Waals surface area contributed by atoms with Gasteiger partial charge >= 0.3 is 4.36 Å². The van der Waals surface area contributed by atoms with E-state index in [-0.39, 0.29) is 0 Å². The summed E-state index contributed by atoms with van der Waals surface area (Å²) in [7, 11) is 0. The zero-order valence-electron chi connectivity index (χ0n) is 11.5. The Kier molecular flexibility index (Phi) is 5.22. The highest BCUT2D eigenvalue weighted by atomic mass is 79.9. The highest BCUT2D eigenvalue weighted by Crippen LogP contribution is 2.62. The van der Waals surface area contributed by atoms with E-state index in [1.54, 1.807) is 5.57 Å². The second-order valence-electron chi connectivity index (χ2n) is 6.22. The van der Waals surface area contributed by atoms with E-state index >= 15 is 0 Å². The first kappa shape index (κ1) is 14.9. The van der Waals surface area contributed by atoms with Crippen LogP contribution in [-0.2, 0) is 0 Å². The van der Waals surface area contributed by atoms with E-state index in [4.69, 9.17) is 0 Å². The minimum Gasteiger partial charge on any atom is -0.139 e. The topological polar surface area (TPSA) is 0 Å². The Balaban J connectivity index is 2.01. The van der Waals surface area contributed by atoms with Gasteiger partial charge in [0.1, 0.15) is 0 Å². The van der Waals surface area contributed by atoms with Crippen molar-refractivity contribution in [3.8, 4) is 0 Å². The van der Waals surface area contributed by atoms with Crippen molar-refractivity contribution in [3.63, 3.8) is 0 Å². The number of hydrogen-bond acceptors (Lipinski definition) is 0. The number of halogens is 2. The lowest BCUT2D eigenvalue weighted by atomic mass is 9.55. The van der Waals surface area contributed by atoms with Gasteiger partial charge in [-0.3, -0.25) is 0 Å². The molecule has 0 amide bonds. The standard InChI is InChI=1S/C15H23BBr2/c1-12(2)5-3-6-13-8-9-14-7-4-10-15(14,11-13)16(17)18/h5,8,14H,3-4,6-7,9-11H2,1-2H3/t14-,15-/m0/s1. The molecule has 0 saturated heterocycles. The molecule has 0 N–H and O–H groups in total. The van der Waals surface area contributed by atoms with Crippen molar-refractivity contribution in [2.45, 2.75) is 64.1 Å². The summed E-state index contributed by atoms with van der Waals surface area (Å²) in [5, 5.41) is 0.495. The summed E-state index contributed by atoms with van der Waals surface area (Å²) in [5.41, 5.74) is 3.13. The molecule has 3 heteroatoms. The van der Waals surface area contributed by atoms with Crippen LogP contribution in [0.4, 0.5) is 0 Å². The second kappa shape index (κ2) is 6.30. The largest absolute Gasteiger partial charge is 0.305 e. The fraction of sp³-hybridized carbons (Fsp3) is 0.733. The predicted molar refractivity (Wildman–Crippen MR) is 89.6 cm³/mol. The summed E-state index contributed by atoms with van der Waals surface area (Å²) in [5.74, 6) is 0.897. The van der Waals surface area contributed by atoms with Crippen molar-refractivity contribution in [1.82, 2.24) is 0 Å². The smallest absolute Gasteiger partial charge is 0.139 e. The van der Waals surface area contributed by atoms with Crippen molar-refractivity contribution < 1.29 is 0 Å². The third-order valence-corrected chi connectivity index (χ3v) is 6.53. The molecule has 0 aromatic heterocycles. The van der Waals surface area contributed by atoms with E-state index in [9.17, 15) is 0 Å². The Hall–Kier alpha value is 0.505. The van der Waals surface area contributed by atoms with Gasteiger partial charge < -0.3 is 0 Å². The fourth-order valence-electron chi connectivity index (χ4n) is 3.66. The Bertz CT molecular complexity index is 356. The maximum absolute atomic E-state index is 3.83. The van der Waals surface area contributed by atoms with Gasteiger partial charge in [-0.25, -0.2) is 0 Å². The number of fused-ring (bicyclic) bond motifs is 1. The molecule has 0 unspecified atom stereocenters. The number of hydrogen-bond donors (Lipinski definition) is 0. The number of allylic oxidation sites excluding steroid dienone is 4. The zero-order chi connectivity index (χ0) is 13.2. The van der Waals surface area contributed by atoms with Crippen LogP contribution in [0.5, 0.6) is 0 Å². The molecule has 2 rings (SSSR count). The molecular weight excluding hydrogens is 351 g/mol. The van der Waals surface area contributed by atoms with Crippen LogP contribution < -0.4 is 0 Å². The van der Waals surface area contributed by atoms with Crippen molar-refractivity contribution in [2.75, 3.05) is 0 Å². The molecule has 2 aliphatic carbocycles. The number of rotatable bonds is 4. The molecule has 0 aromatic rings. The van der Waals surface area contributed by atoms with Crippen LogP contribution in [0.15, 0.2) is 23.3 Å². The van der Waals surface area contributed by atoms with Gasteiger partial charge in [0.2, 0.25) is 0 Å². The molecule has 0 heterocycles. The van der Waals surface area contributed by atoms with Gasteiger partial charge in [-0.2, -0.15) is 0 Å². The van der Waals surface area contributed by atoms with Crippen LogP contribution in [0.1, 0.15) is 58.8 Å². The first-order valence-corrected chi connectivity index (χ1v) is 8.97. The lowest BCUT2D eigenvalue weighted by molar-refractivity contribution is 0.384. The van der Waals surface area contributed by atoms with Crippen LogP contribution in [0.2, 0.25) is 5.31 Å². The van der Waals surface area contributed by atoms with E-state index in [2.05, 4.69) is 57.5 Å². The minimum atomic E-state index is 0.483. The van der Waals surface area contributed by atoms with Crippen LogP contribution in [-0.4, -0.2) is 4.36 Å². The molecule has 0 radical (unpaired) electrons. The van der Waals surface area contributed by atoms with Crippen molar-refractivity contribution in [1.29, 1.82) is 0 Å². The molecule has 0 bridgehead atoms. The van der Waals surface area contributed by atoms with E-state index in [1.165, 1.54) is 50.5 Å². The summed E-state index contributed by atoms with van der Waals surface area (Å²) >= 11 is 7.66. The highest BCUT2D eigenvalue weighted by molar-refractivity contribution is 9.49. The average Bonchev–Trinajstić information content (AvgIpc) is 2.72. The Labute approximate surface area is 129 Å². The van der Waals surface area contributed by atoms with Crippen molar-refractivity contribution >= 4 is 35.9 Å². The van der Waals surface area contributed by atoms with Gasteiger partial charge in [-0.15, -0.1) is 31.5 Å². The van der Waals surface area contributed by atoms with Gasteiger partial charge in [0.25, 0.3) is 0 Å². The summed E-state index contributed by atoms with van der Waals surface area (Å²) in [6.45, 7) is 4.38. The molecule has 1 fully saturated rings. The summed E-state index contributed by atoms with van der Waals surface area (Å²) in [4.78, 5) is 0. The molecule has 2 aliphatic rings. The van der Waals surface area contributed by atoms with E-state index in [0.29, 0.717) is 9.68 Å². The third-order valence-electron chi connectivity index (χ3n) is 4.71. The van der Waals surface area contributed by atoms with E-state index in [0.717, 1.165) is 5.92 Å². The Morgan fingerprint density at radius 2 is 2.28 bits per heavy atom.